The van der Waals surface area contributed by atoms with E-state index in [4.69, 9.17) is 0 Å². The fraction of sp³-hybridized carbons (Fsp3) is 0.200. The van der Waals surface area contributed by atoms with E-state index < -0.39 is 0 Å². The number of nitrogens with zero attached hydrogens (tertiary/aromatic N) is 1. The molecule has 3 rings (SSSR count). The number of anilines is 1. The van der Waals surface area contributed by atoms with Crippen molar-refractivity contribution in [3.05, 3.63) is 72.6 Å². The van der Waals surface area contributed by atoms with Crippen molar-refractivity contribution in [1.29, 1.82) is 0 Å². The Morgan fingerprint density at radius 3 is 2.39 bits per heavy atom. The van der Waals surface area contributed by atoms with Crippen molar-refractivity contribution in [3.63, 3.8) is 0 Å². The maximum atomic E-state index is 12.2. The third kappa shape index (κ3) is 3.75. The van der Waals surface area contributed by atoms with Crippen molar-refractivity contribution in [2.24, 2.45) is 0 Å². The fourth-order valence-corrected chi connectivity index (χ4v) is 2.59. The molecule has 0 unspecified atom stereocenters. The van der Waals surface area contributed by atoms with Crippen molar-refractivity contribution in [2.45, 2.75) is 26.3 Å². The zero-order valence-electron chi connectivity index (χ0n) is 13.5. The number of hydrogen-bond donors (Lipinski definition) is 1. The SMILES string of the molecule is CC(C)c1ccc(NC(=O)C[n+]2ccc3ccccc3c2)cc1. The Labute approximate surface area is 136 Å². The molecule has 0 atom stereocenters. The number of hydrogen-bond acceptors (Lipinski definition) is 1. The largest absolute Gasteiger partial charge is 0.321 e. The van der Waals surface area contributed by atoms with E-state index in [9.17, 15) is 4.79 Å². The maximum absolute atomic E-state index is 12.2. The molecule has 3 heteroatoms. The minimum atomic E-state index is -0.0254. The smallest absolute Gasteiger partial charge is 0.290 e. The van der Waals surface area contributed by atoms with Crippen LogP contribution in [0.2, 0.25) is 0 Å². The highest BCUT2D eigenvalue weighted by Crippen LogP contribution is 2.17. The first-order valence-electron chi connectivity index (χ1n) is 7.89. The summed E-state index contributed by atoms with van der Waals surface area (Å²) in [7, 11) is 0. The van der Waals surface area contributed by atoms with E-state index in [0.717, 1.165) is 11.1 Å². The lowest BCUT2D eigenvalue weighted by atomic mass is 10.0. The van der Waals surface area contributed by atoms with Gasteiger partial charge < -0.3 is 5.32 Å². The van der Waals surface area contributed by atoms with Crippen LogP contribution in [-0.4, -0.2) is 5.91 Å². The Hall–Kier alpha value is -2.68. The van der Waals surface area contributed by atoms with Gasteiger partial charge in [-0.3, -0.25) is 4.79 Å². The van der Waals surface area contributed by atoms with E-state index in [0.29, 0.717) is 12.5 Å². The summed E-state index contributed by atoms with van der Waals surface area (Å²) in [6.45, 7) is 4.62. The van der Waals surface area contributed by atoms with Gasteiger partial charge in [-0.1, -0.05) is 44.2 Å². The van der Waals surface area contributed by atoms with Gasteiger partial charge in [-0.05, 0) is 35.1 Å². The predicted octanol–water partition coefficient (Wildman–Crippen LogP) is 3.89. The third-order valence-corrected chi connectivity index (χ3v) is 3.93. The summed E-state index contributed by atoms with van der Waals surface area (Å²) in [5, 5.41) is 5.25. The number of carbonyl (C=O) groups excluding carboxylic acids is 1. The molecule has 0 fully saturated rings. The highest BCUT2D eigenvalue weighted by Gasteiger charge is 2.10. The molecule has 1 amide bonds. The van der Waals surface area contributed by atoms with Crippen molar-refractivity contribution >= 4 is 22.4 Å². The Bertz CT molecular complexity index is 822. The molecular formula is C20H21N2O+. The zero-order valence-corrected chi connectivity index (χ0v) is 13.5. The molecule has 23 heavy (non-hydrogen) atoms. The van der Waals surface area contributed by atoms with Crippen LogP contribution in [0, 0.1) is 0 Å². The average Bonchev–Trinajstić information content (AvgIpc) is 2.55. The van der Waals surface area contributed by atoms with Gasteiger partial charge in [0.15, 0.2) is 12.4 Å². The van der Waals surface area contributed by atoms with Crippen LogP contribution >= 0.6 is 0 Å². The highest BCUT2D eigenvalue weighted by molar-refractivity contribution is 5.89. The van der Waals surface area contributed by atoms with Gasteiger partial charge in [0, 0.05) is 17.1 Å². The van der Waals surface area contributed by atoms with E-state index in [2.05, 4.69) is 37.4 Å². The van der Waals surface area contributed by atoms with Crippen LogP contribution in [0.15, 0.2) is 67.0 Å². The third-order valence-electron chi connectivity index (χ3n) is 3.93. The van der Waals surface area contributed by atoms with Gasteiger partial charge in [-0.15, -0.1) is 0 Å². The van der Waals surface area contributed by atoms with Crippen LogP contribution in [0.25, 0.3) is 10.8 Å². The normalized spacial score (nSPS) is 10.9. The summed E-state index contributed by atoms with van der Waals surface area (Å²) in [6, 6.07) is 18.2. The van der Waals surface area contributed by atoms with E-state index in [1.807, 2.05) is 53.4 Å². The minimum Gasteiger partial charge on any atom is -0.321 e. The van der Waals surface area contributed by atoms with Crippen LogP contribution in [0.1, 0.15) is 25.3 Å². The lowest BCUT2D eigenvalue weighted by Crippen LogP contribution is -2.39. The molecule has 0 saturated heterocycles. The first-order chi connectivity index (χ1) is 11.1. The Kier molecular flexibility index (Phi) is 4.38. The van der Waals surface area contributed by atoms with Gasteiger partial charge in [0.25, 0.3) is 5.91 Å². The van der Waals surface area contributed by atoms with Crippen molar-refractivity contribution in [2.75, 3.05) is 5.32 Å². The molecule has 0 bridgehead atoms. The highest BCUT2D eigenvalue weighted by atomic mass is 16.1. The zero-order chi connectivity index (χ0) is 16.2. The van der Waals surface area contributed by atoms with Gasteiger partial charge in [0.1, 0.15) is 0 Å². The molecular weight excluding hydrogens is 284 g/mol. The Balaban J connectivity index is 1.68. The number of amides is 1. The maximum Gasteiger partial charge on any atom is 0.290 e. The molecule has 1 heterocycles. The lowest BCUT2D eigenvalue weighted by Gasteiger charge is -2.07. The number of rotatable bonds is 4. The van der Waals surface area contributed by atoms with E-state index >= 15 is 0 Å². The molecule has 0 saturated carbocycles. The van der Waals surface area contributed by atoms with Gasteiger partial charge >= 0.3 is 0 Å². The number of fused-ring (bicyclic) bond motifs is 1. The predicted molar refractivity (Wildman–Crippen MR) is 93.3 cm³/mol. The van der Waals surface area contributed by atoms with Gasteiger partial charge in [0.05, 0.1) is 0 Å². The van der Waals surface area contributed by atoms with Crippen LogP contribution in [0.3, 0.4) is 0 Å². The van der Waals surface area contributed by atoms with Crippen molar-refractivity contribution in [1.82, 2.24) is 0 Å². The van der Waals surface area contributed by atoms with E-state index in [-0.39, 0.29) is 5.91 Å². The molecule has 0 spiro atoms. The monoisotopic (exact) mass is 305 g/mol. The summed E-state index contributed by atoms with van der Waals surface area (Å²) in [5.74, 6) is 0.468. The molecule has 1 N–H and O–H groups in total. The first kappa shape index (κ1) is 15.2. The lowest BCUT2D eigenvalue weighted by molar-refractivity contribution is -0.682. The molecule has 3 aromatic rings. The topological polar surface area (TPSA) is 33.0 Å². The average molecular weight is 305 g/mol. The molecule has 0 aliphatic rings. The number of benzene rings is 2. The van der Waals surface area contributed by atoms with Gasteiger partial charge in [0.2, 0.25) is 6.54 Å². The van der Waals surface area contributed by atoms with Crippen LogP contribution in [0.4, 0.5) is 5.69 Å². The number of aromatic nitrogens is 1. The van der Waals surface area contributed by atoms with Crippen LogP contribution in [-0.2, 0) is 11.3 Å². The fourth-order valence-electron chi connectivity index (χ4n) is 2.59. The van der Waals surface area contributed by atoms with Gasteiger partial charge in [-0.2, -0.15) is 4.57 Å². The summed E-state index contributed by atoms with van der Waals surface area (Å²) >= 11 is 0. The number of carbonyl (C=O) groups is 1. The second kappa shape index (κ2) is 6.61. The molecule has 0 aliphatic carbocycles. The number of nitrogens with one attached hydrogen (secondary N) is 1. The Morgan fingerprint density at radius 2 is 1.70 bits per heavy atom. The van der Waals surface area contributed by atoms with Crippen molar-refractivity contribution in [3.8, 4) is 0 Å². The summed E-state index contributed by atoms with van der Waals surface area (Å²) in [6.07, 6.45) is 3.93. The summed E-state index contributed by atoms with van der Waals surface area (Å²) < 4.78 is 1.90. The summed E-state index contributed by atoms with van der Waals surface area (Å²) in [4.78, 5) is 12.2. The number of pyridine rings is 1. The molecule has 2 aromatic carbocycles. The van der Waals surface area contributed by atoms with Crippen LogP contribution in [0.5, 0.6) is 0 Å². The first-order valence-corrected chi connectivity index (χ1v) is 7.89. The molecule has 0 radical (unpaired) electrons. The van der Waals surface area contributed by atoms with E-state index in [1.54, 1.807) is 0 Å². The molecule has 116 valence electrons. The molecule has 3 nitrogen and oxygen atoms in total. The van der Waals surface area contributed by atoms with E-state index in [1.165, 1.54) is 10.9 Å². The second-order valence-electron chi connectivity index (χ2n) is 6.07. The van der Waals surface area contributed by atoms with Gasteiger partial charge in [-0.25, -0.2) is 0 Å². The standard InChI is InChI=1S/C20H20N2O/c1-15(2)16-7-9-19(10-8-16)21-20(23)14-22-12-11-17-5-3-4-6-18(17)13-22/h3-13,15H,14H2,1-2H3/p+1. The summed E-state index contributed by atoms with van der Waals surface area (Å²) in [5.41, 5.74) is 2.10. The molecule has 0 aliphatic heterocycles. The Morgan fingerprint density at radius 1 is 1.00 bits per heavy atom. The second-order valence-corrected chi connectivity index (χ2v) is 6.07. The minimum absolute atomic E-state index is 0.0254. The quantitative estimate of drug-likeness (QED) is 0.729. The molecule has 1 aromatic heterocycles. The van der Waals surface area contributed by atoms with Crippen LogP contribution < -0.4 is 9.88 Å². The van der Waals surface area contributed by atoms with Crippen molar-refractivity contribution < 1.29 is 9.36 Å².